The summed E-state index contributed by atoms with van der Waals surface area (Å²) in [5.74, 6) is 0.954. The van der Waals surface area contributed by atoms with Gasteiger partial charge in [0.25, 0.3) is 0 Å². The first-order valence-electron chi connectivity index (χ1n) is 8.44. The molecule has 0 bridgehead atoms. The fourth-order valence-electron chi connectivity index (χ4n) is 2.39. The zero-order valence-corrected chi connectivity index (χ0v) is 15.3. The van der Waals surface area contributed by atoms with Gasteiger partial charge in [0.05, 0.1) is 12.8 Å². The van der Waals surface area contributed by atoms with Gasteiger partial charge in [-0.1, -0.05) is 18.7 Å². The maximum absolute atomic E-state index is 12.2. The predicted octanol–water partition coefficient (Wildman–Crippen LogP) is 2.89. The average molecular weight is 377 g/mol. The number of nitrogens with one attached hydrogen (secondary N) is 1. The Kier molecular flexibility index (Phi) is 6.14. The smallest absolute Gasteiger partial charge is 0.248 e. The normalized spacial score (nSPS) is 10.6. The number of hydrogen-bond acceptors (Lipinski definition) is 6. The molecule has 0 radical (unpaired) electrons. The van der Waals surface area contributed by atoms with Crippen molar-refractivity contribution < 1.29 is 14.3 Å². The molecule has 1 amide bonds. The number of carbonyl (C=O) groups excluding carboxylic acids is 1. The van der Waals surface area contributed by atoms with Gasteiger partial charge in [-0.05, 0) is 58.5 Å². The van der Waals surface area contributed by atoms with Crippen LogP contribution >= 0.6 is 0 Å². The van der Waals surface area contributed by atoms with Crippen LogP contribution in [0, 0.1) is 0 Å². The highest BCUT2D eigenvalue weighted by Gasteiger charge is 2.05. The molecule has 142 valence electrons. The molecule has 1 heterocycles. The molecule has 3 aromatic rings. The van der Waals surface area contributed by atoms with E-state index in [4.69, 9.17) is 9.47 Å². The molecular formula is C20H19N5O3. The Labute approximate surface area is 162 Å². The van der Waals surface area contributed by atoms with Crippen LogP contribution < -0.4 is 14.8 Å². The lowest BCUT2D eigenvalue weighted by Gasteiger charge is -2.09. The number of anilines is 1. The Morgan fingerprint density at radius 2 is 2.04 bits per heavy atom. The minimum atomic E-state index is -0.249. The first-order valence-corrected chi connectivity index (χ1v) is 8.44. The van der Waals surface area contributed by atoms with Gasteiger partial charge in [-0.2, -0.15) is 0 Å². The van der Waals surface area contributed by atoms with Crippen LogP contribution in [0.1, 0.15) is 5.56 Å². The van der Waals surface area contributed by atoms with Crippen LogP contribution in [0.2, 0.25) is 0 Å². The number of tetrazole rings is 1. The number of ether oxygens (including phenoxy) is 2. The van der Waals surface area contributed by atoms with Crippen LogP contribution in [-0.2, 0) is 4.79 Å². The summed E-state index contributed by atoms with van der Waals surface area (Å²) < 4.78 is 12.4. The molecule has 2 aromatic carbocycles. The van der Waals surface area contributed by atoms with Crippen LogP contribution in [0.25, 0.3) is 11.8 Å². The molecule has 0 spiro atoms. The molecule has 1 N–H and O–H groups in total. The SMILES string of the molecule is C=CCOc1ccc(/C=C/C(=O)Nc2ccc(-n3cnnn3)cc2)cc1OC. The maximum atomic E-state index is 12.2. The average Bonchev–Trinajstić information content (AvgIpc) is 3.26. The number of hydrogen-bond donors (Lipinski definition) is 1. The standard InChI is InChI=1S/C20H19N5O3/c1-3-12-28-18-10-4-15(13-19(18)27-2)5-11-20(26)22-16-6-8-17(9-7-16)25-14-21-23-24-25/h3-11,13-14H,1,12H2,2H3,(H,22,26)/b11-5+. The molecule has 0 aliphatic carbocycles. The molecule has 8 nitrogen and oxygen atoms in total. The van der Waals surface area contributed by atoms with Gasteiger partial charge < -0.3 is 14.8 Å². The molecule has 8 heteroatoms. The molecule has 0 fully saturated rings. The molecule has 0 aliphatic rings. The first-order chi connectivity index (χ1) is 13.7. The van der Waals surface area contributed by atoms with E-state index in [1.54, 1.807) is 43.5 Å². The van der Waals surface area contributed by atoms with Gasteiger partial charge in [0.2, 0.25) is 5.91 Å². The molecule has 0 saturated heterocycles. The van der Waals surface area contributed by atoms with Crippen molar-refractivity contribution in [3.8, 4) is 17.2 Å². The van der Waals surface area contributed by atoms with Crippen LogP contribution in [-0.4, -0.2) is 39.8 Å². The predicted molar refractivity (Wildman–Crippen MR) is 106 cm³/mol. The van der Waals surface area contributed by atoms with Crippen molar-refractivity contribution in [3.05, 3.63) is 73.1 Å². The van der Waals surface area contributed by atoms with Gasteiger partial charge in [-0.25, -0.2) is 4.68 Å². The second-order valence-electron chi connectivity index (χ2n) is 5.63. The van der Waals surface area contributed by atoms with Crippen molar-refractivity contribution in [1.82, 2.24) is 20.2 Å². The summed E-state index contributed by atoms with van der Waals surface area (Å²) in [7, 11) is 1.56. The molecule has 1 aromatic heterocycles. The third-order valence-electron chi connectivity index (χ3n) is 3.72. The van der Waals surface area contributed by atoms with Crippen LogP contribution in [0.5, 0.6) is 11.5 Å². The van der Waals surface area contributed by atoms with Crippen LogP contribution in [0.4, 0.5) is 5.69 Å². The quantitative estimate of drug-likeness (QED) is 0.479. The maximum Gasteiger partial charge on any atom is 0.248 e. The van der Waals surface area contributed by atoms with E-state index in [1.807, 2.05) is 18.2 Å². The fourth-order valence-corrected chi connectivity index (χ4v) is 2.39. The van der Waals surface area contributed by atoms with E-state index in [9.17, 15) is 4.79 Å². The topological polar surface area (TPSA) is 91.2 Å². The molecule has 0 saturated carbocycles. The van der Waals surface area contributed by atoms with Gasteiger partial charge in [0.15, 0.2) is 11.5 Å². The minimum Gasteiger partial charge on any atom is -0.493 e. The summed E-state index contributed by atoms with van der Waals surface area (Å²) in [6.07, 6.45) is 6.31. The van der Waals surface area contributed by atoms with Gasteiger partial charge in [-0.15, -0.1) is 5.10 Å². The lowest BCUT2D eigenvalue weighted by Crippen LogP contribution is -2.07. The summed E-state index contributed by atoms with van der Waals surface area (Å²) in [6, 6.07) is 12.6. The number of carbonyl (C=O) groups is 1. The van der Waals surface area contributed by atoms with E-state index in [0.29, 0.717) is 23.8 Å². The van der Waals surface area contributed by atoms with Crippen molar-refractivity contribution in [3.63, 3.8) is 0 Å². The van der Waals surface area contributed by atoms with Gasteiger partial charge in [-0.3, -0.25) is 4.79 Å². The number of amides is 1. The lowest BCUT2D eigenvalue weighted by atomic mass is 10.2. The zero-order valence-electron chi connectivity index (χ0n) is 15.3. The molecule has 0 atom stereocenters. The highest BCUT2D eigenvalue weighted by Crippen LogP contribution is 2.28. The Hall–Kier alpha value is -3.94. The van der Waals surface area contributed by atoms with Crippen molar-refractivity contribution >= 4 is 17.7 Å². The highest BCUT2D eigenvalue weighted by atomic mass is 16.5. The minimum absolute atomic E-state index is 0.249. The fraction of sp³-hybridized carbons (Fsp3) is 0.100. The molecule has 0 unspecified atom stereocenters. The van der Waals surface area contributed by atoms with Gasteiger partial charge in [0.1, 0.15) is 12.9 Å². The summed E-state index contributed by atoms with van der Waals surface area (Å²) in [6.45, 7) is 4.01. The summed E-state index contributed by atoms with van der Waals surface area (Å²) in [5.41, 5.74) is 2.27. The summed E-state index contributed by atoms with van der Waals surface area (Å²) in [4.78, 5) is 12.2. The number of benzene rings is 2. The molecular weight excluding hydrogens is 358 g/mol. The Morgan fingerprint density at radius 3 is 2.71 bits per heavy atom. The second-order valence-corrected chi connectivity index (χ2v) is 5.63. The van der Waals surface area contributed by atoms with Crippen molar-refractivity contribution in [1.29, 1.82) is 0 Å². The van der Waals surface area contributed by atoms with Gasteiger partial charge in [0, 0.05) is 11.8 Å². The van der Waals surface area contributed by atoms with Crippen molar-refractivity contribution in [2.75, 3.05) is 19.0 Å². The first kappa shape index (κ1) is 18.8. The highest BCUT2D eigenvalue weighted by molar-refractivity contribution is 6.02. The third kappa shape index (κ3) is 4.82. The number of rotatable bonds is 8. The summed E-state index contributed by atoms with van der Waals surface area (Å²) >= 11 is 0. The van der Waals surface area contributed by atoms with Crippen molar-refractivity contribution in [2.45, 2.75) is 0 Å². The molecule has 28 heavy (non-hydrogen) atoms. The van der Waals surface area contributed by atoms with Gasteiger partial charge >= 0.3 is 0 Å². The molecule has 0 aliphatic heterocycles. The van der Waals surface area contributed by atoms with E-state index in [2.05, 4.69) is 27.4 Å². The Morgan fingerprint density at radius 1 is 1.21 bits per heavy atom. The zero-order chi connectivity index (χ0) is 19.8. The lowest BCUT2D eigenvalue weighted by molar-refractivity contribution is -0.111. The van der Waals surface area contributed by atoms with E-state index in [0.717, 1.165) is 11.3 Å². The monoisotopic (exact) mass is 377 g/mol. The number of methoxy groups -OCH3 is 1. The van der Waals surface area contributed by atoms with Crippen molar-refractivity contribution in [2.24, 2.45) is 0 Å². The largest absolute Gasteiger partial charge is 0.493 e. The Balaban J connectivity index is 1.62. The van der Waals surface area contributed by atoms with E-state index in [1.165, 1.54) is 17.1 Å². The Bertz CT molecular complexity index is 966. The van der Waals surface area contributed by atoms with Crippen LogP contribution in [0.3, 0.4) is 0 Å². The van der Waals surface area contributed by atoms with E-state index < -0.39 is 0 Å². The summed E-state index contributed by atoms with van der Waals surface area (Å²) in [5, 5.41) is 13.8. The number of aromatic nitrogens is 4. The third-order valence-corrected chi connectivity index (χ3v) is 3.72. The van der Waals surface area contributed by atoms with Crippen LogP contribution in [0.15, 0.2) is 67.5 Å². The molecule has 3 rings (SSSR count). The van der Waals surface area contributed by atoms with E-state index in [-0.39, 0.29) is 5.91 Å². The second kappa shape index (κ2) is 9.13. The number of nitrogens with zero attached hydrogens (tertiary/aromatic N) is 4. The van der Waals surface area contributed by atoms with E-state index >= 15 is 0 Å².